The Labute approximate surface area is 147 Å². The summed E-state index contributed by atoms with van der Waals surface area (Å²) in [4.78, 5) is 6.06. The van der Waals surface area contributed by atoms with Crippen LogP contribution in [0.25, 0.3) is 11.1 Å². The first kappa shape index (κ1) is 15.4. The van der Waals surface area contributed by atoms with E-state index < -0.39 is 0 Å². The van der Waals surface area contributed by atoms with Crippen LogP contribution >= 0.6 is 0 Å². The zero-order valence-electron chi connectivity index (χ0n) is 13.9. The van der Waals surface area contributed by atoms with Crippen molar-refractivity contribution in [3.63, 3.8) is 0 Å². The van der Waals surface area contributed by atoms with Crippen LogP contribution in [0.3, 0.4) is 0 Å². The van der Waals surface area contributed by atoms with Crippen LogP contribution in [0.2, 0.25) is 0 Å². The quantitative estimate of drug-likeness (QED) is 0.566. The minimum absolute atomic E-state index is 0.190. The highest BCUT2D eigenvalue weighted by molar-refractivity contribution is 5.76. The van der Waals surface area contributed by atoms with E-state index in [1.54, 1.807) is 12.4 Å². The lowest BCUT2D eigenvalue weighted by atomic mass is 9.97. The number of pyridine rings is 1. The number of hydrogen-bond donors (Lipinski definition) is 1. The van der Waals surface area contributed by atoms with Gasteiger partial charge in [0, 0.05) is 31.0 Å². The molecule has 1 aliphatic heterocycles. The number of ether oxygens (including phenoxy) is 1. The molecule has 1 aliphatic rings. The van der Waals surface area contributed by atoms with Gasteiger partial charge < -0.3 is 9.64 Å². The van der Waals surface area contributed by atoms with Crippen molar-refractivity contribution in [2.24, 2.45) is 0 Å². The van der Waals surface area contributed by atoms with Crippen LogP contribution in [0.1, 0.15) is 16.7 Å². The van der Waals surface area contributed by atoms with Crippen molar-refractivity contribution >= 4 is 6.02 Å². The van der Waals surface area contributed by atoms with E-state index in [0.717, 1.165) is 5.56 Å². The SMILES string of the molecule is N=C(OCc1cccnc1)N1Cc2ccccc2-c2ccccc2C1. The fraction of sp³-hybridized carbons (Fsp3) is 0.143. The molecule has 0 bridgehead atoms. The van der Waals surface area contributed by atoms with Gasteiger partial charge in [-0.1, -0.05) is 54.6 Å². The molecule has 124 valence electrons. The topological polar surface area (TPSA) is 49.2 Å². The molecule has 25 heavy (non-hydrogen) atoms. The van der Waals surface area contributed by atoms with Crippen LogP contribution in [0, 0.1) is 5.41 Å². The van der Waals surface area contributed by atoms with Crippen LogP contribution in [-0.4, -0.2) is 15.9 Å². The maximum absolute atomic E-state index is 8.40. The number of rotatable bonds is 2. The van der Waals surface area contributed by atoms with Gasteiger partial charge >= 0.3 is 0 Å². The molecule has 0 atom stereocenters. The van der Waals surface area contributed by atoms with Crippen molar-refractivity contribution in [1.29, 1.82) is 5.41 Å². The third kappa shape index (κ3) is 3.24. The first-order valence-electron chi connectivity index (χ1n) is 8.32. The summed E-state index contributed by atoms with van der Waals surface area (Å²) in [6.45, 7) is 1.68. The van der Waals surface area contributed by atoms with E-state index in [2.05, 4.69) is 41.4 Å². The summed E-state index contributed by atoms with van der Waals surface area (Å²) >= 11 is 0. The van der Waals surface area contributed by atoms with Crippen molar-refractivity contribution in [2.75, 3.05) is 0 Å². The molecule has 4 heteroatoms. The molecular formula is C21H19N3O. The minimum Gasteiger partial charge on any atom is -0.460 e. The van der Waals surface area contributed by atoms with Gasteiger partial charge in [-0.25, -0.2) is 0 Å². The number of nitrogens with one attached hydrogen (secondary N) is 1. The molecule has 1 aromatic heterocycles. The van der Waals surface area contributed by atoms with E-state index in [1.807, 2.05) is 29.2 Å². The highest BCUT2D eigenvalue weighted by Crippen LogP contribution is 2.32. The average molecular weight is 329 g/mol. The fourth-order valence-corrected chi connectivity index (χ4v) is 3.18. The molecule has 4 nitrogen and oxygen atoms in total. The predicted molar refractivity (Wildman–Crippen MR) is 97.9 cm³/mol. The Hall–Kier alpha value is -3.14. The molecule has 0 amide bonds. The van der Waals surface area contributed by atoms with Gasteiger partial charge in [0.1, 0.15) is 6.61 Å². The molecule has 0 spiro atoms. The normalized spacial score (nSPS) is 12.7. The van der Waals surface area contributed by atoms with E-state index in [0.29, 0.717) is 19.7 Å². The number of amidine groups is 1. The second-order valence-electron chi connectivity index (χ2n) is 6.13. The smallest absolute Gasteiger partial charge is 0.285 e. The van der Waals surface area contributed by atoms with Crippen LogP contribution in [-0.2, 0) is 24.4 Å². The van der Waals surface area contributed by atoms with Gasteiger partial charge in [-0.15, -0.1) is 0 Å². The third-order valence-corrected chi connectivity index (χ3v) is 4.43. The minimum atomic E-state index is 0.190. The first-order chi connectivity index (χ1) is 12.3. The highest BCUT2D eigenvalue weighted by Gasteiger charge is 2.21. The Bertz CT molecular complexity index is 845. The van der Waals surface area contributed by atoms with E-state index >= 15 is 0 Å². The molecule has 0 saturated heterocycles. The second-order valence-corrected chi connectivity index (χ2v) is 6.13. The van der Waals surface area contributed by atoms with Crippen molar-refractivity contribution in [3.8, 4) is 11.1 Å². The van der Waals surface area contributed by atoms with Crippen LogP contribution in [0.5, 0.6) is 0 Å². The van der Waals surface area contributed by atoms with Crippen molar-refractivity contribution in [3.05, 3.63) is 89.7 Å². The molecule has 2 heterocycles. The number of benzene rings is 2. The zero-order chi connectivity index (χ0) is 17.1. The maximum atomic E-state index is 8.40. The Morgan fingerprint density at radius 2 is 1.56 bits per heavy atom. The molecule has 0 radical (unpaired) electrons. The maximum Gasteiger partial charge on any atom is 0.285 e. The molecule has 0 aliphatic carbocycles. The molecule has 2 aromatic carbocycles. The van der Waals surface area contributed by atoms with Crippen molar-refractivity contribution in [2.45, 2.75) is 19.7 Å². The molecule has 1 N–H and O–H groups in total. The molecule has 3 aromatic rings. The van der Waals surface area contributed by atoms with Gasteiger partial charge in [0.25, 0.3) is 6.02 Å². The van der Waals surface area contributed by atoms with E-state index in [4.69, 9.17) is 10.1 Å². The Balaban J connectivity index is 1.58. The van der Waals surface area contributed by atoms with Gasteiger partial charge in [-0.3, -0.25) is 10.4 Å². The summed E-state index contributed by atoms with van der Waals surface area (Å²) in [5.74, 6) is 0. The molecule has 0 unspecified atom stereocenters. The Morgan fingerprint density at radius 1 is 0.920 bits per heavy atom. The van der Waals surface area contributed by atoms with Crippen molar-refractivity contribution < 1.29 is 4.74 Å². The van der Waals surface area contributed by atoms with E-state index in [9.17, 15) is 0 Å². The summed E-state index contributed by atoms with van der Waals surface area (Å²) in [5, 5.41) is 8.40. The third-order valence-electron chi connectivity index (χ3n) is 4.43. The van der Waals surface area contributed by atoms with Gasteiger partial charge in [0.15, 0.2) is 0 Å². The van der Waals surface area contributed by atoms with Crippen LogP contribution in [0.15, 0.2) is 73.1 Å². The zero-order valence-corrected chi connectivity index (χ0v) is 13.9. The number of aromatic nitrogens is 1. The summed E-state index contributed by atoms with van der Waals surface area (Å²) in [7, 11) is 0. The highest BCUT2D eigenvalue weighted by atomic mass is 16.5. The summed E-state index contributed by atoms with van der Waals surface area (Å²) in [5.41, 5.74) is 5.86. The Morgan fingerprint density at radius 3 is 2.16 bits per heavy atom. The predicted octanol–water partition coefficient (Wildman–Crippen LogP) is 4.22. The van der Waals surface area contributed by atoms with Crippen molar-refractivity contribution in [1.82, 2.24) is 9.88 Å². The Kier molecular flexibility index (Phi) is 4.17. The molecule has 0 saturated carbocycles. The van der Waals surface area contributed by atoms with E-state index in [-0.39, 0.29) is 6.02 Å². The average Bonchev–Trinajstić information content (AvgIpc) is 2.84. The monoisotopic (exact) mass is 329 g/mol. The van der Waals surface area contributed by atoms with Gasteiger partial charge in [-0.2, -0.15) is 0 Å². The van der Waals surface area contributed by atoms with Gasteiger partial charge in [-0.05, 0) is 28.3 Å². The lowest BCUT2D eigenvalue weighted by molar-refractivity contribution is 0.210. The lowest BCUT2D eigenvalue weighted by Gasteiger charge is -2.23. The lowest BCUT2D eigenvalue weighted by Crippen LogP contribution is -2.30. The fourth-order valence-electron chi connectivity index (χ4n) is 3.18. The number of nitrogens with zero attached hydrogens (tertiary/aromatic N) is 2. The largest absolute Gasteiger partial charge is 0.460 e. The number of hydrogen-bond acceptors (Lipinski definition) is 3. The van der Waals surface area contributed by atoms with E-state index in [1.165, 1.54) is 22.3 Å². The van der Waals surface area contributed by atoms with Crippen LogP contribution < -0.4 is 0 Å². The molecular weight excluding hydrogens is 310 g/mol. The summed E-state index contributed by atoms with van der Waals surface area (Å²) in [6, 6.07) is 20.8. The first-order valence-corrected chi connectivity index (χ1v) is 8.32. The standard InChI is InChI=1S/C21H19N3O/c22-21(25-15-16-6-5-11-23-12-16)24-13-17-7-1-3-9-19(17)20-10-4-2-8-18(20)14-24/h1-12,22H,13-15H2. The number of fused-ring (bicyclic) bond motifs is 3. The van der Waals surface area contributed by atoms with Gasteiger partial charge in [0.2, 0.25) is 0 Å². The van der Waals surface area contributed by atoms with Gasteiger partial charge in [0.05, 0.1) is 0 Å². The molecule has 0 fully saturated rings. The summed E-state index contributed by atoms with van der Waals surface area (Å²) < 4.78 is 5.72. The second kappa shape index (κ2) is 6.77. The summed E-state index contributed by atoms with van der Waals surface area (Å²) in [6.07, 6.45) is 3.50. The van der Waals surface area contributed by atoms with Crippen LogP contribution in [0.4, 0.5) is 0 Å². The molecule has 4 rings (SSSR count).